The number of hydrogen-bond donors (Lipinski definition) is 0. The second kappa shape index (κ2) is 8.58. The second-order valence-corrected chi connectivity index (χ2v) is 13.9. The third-order valence-electron chi connectivity index (χ3n) is 12.1. The lowest BCUT2D eigenvalue weighted by molar-refractivity contribution is -0.272. The summed E-state index contributed by atoms with van der Waals surface area (Å²) in [6.45, 7) is 12.8. The Morgan fingerprint density at radius 1 is 1.11 bits per heavy atom. The summed E-state index contributed by atoms with van der Waals surface area (Å²) in [5.74, 6) is 3.75. The van der Waals surface area contributed by atoms with E-state index in [4.69, 9.17) is 14.2 Å². The maximum Gasteiger partial charge on any atom is 0.306 e. The minimum Gasteiger partial charge on any atom is -0.462 e. The van der Waals surface area contributed by atoms with Crippen LogP contribution in [0, 0.1) is 46.3 Å². The molecule has 0 aromatic heterocycles. The monoisotopic (exact) mass is 484 g/mol. The Balaban J connectivity index is 1.20. The number of rotatable bonds is 3. The van der Waals surface area contributed by atoms with Gasteiger partial charge in [-0.25, -0.2) is 0 Å². The van der Waals surface area contributed by atoms with E-state index in [1.165, 1.54) is 38.5 Å². The summed E-state index contributed by atoms with van der Waals surface area (Å²) >= 11 is 0. The standard InChI is InChI=1S/C31H48O4/c1-6-7-27(32)34-22-11-13-29(4)21(16-22)8-9-23-24(29)12-14-30(5)25(23)17-26-28(30)20(3)31(35-26)15-10-19(2)18-33-31/h8,19-20,22-26,28H,6-7,9-18H2,1-5H3/t19-,20+,22-,23-,24+,25+,26+,28+,29+,30+,31-/m1/s1. The molecule has 6 aliphatic rings. The number of carbonyl (C=O) groups excluding carboxylic acids is 1. The zero-order chi connectivity index (χ0) is 24.6. The number of esters is 1. The van der Waals surface area contributed by atoms with Crippen molar-refractivity contribution >= 4 is 5.97 Å². The summed E-state index contributed by atoms with van der Waals surface area (Å²) in [5.41, 5.74) is 2.25. The van der Waals surface area contributed by atoms with Crippen molar-refractivity contribution in [2.24, 2.45) is 46.3 Å². The largest absolute Gasteiger partial charge is 0.462 e. The van der Waals surface area contributed by atoms with Gasteiger partial charge in [0.15, 0.2) is 5.79 Å². The maximum absolute atomic E-state index is 12.1. The average Bonchev–Trinajstić information content (AvgIpc) is 3.26. The van der Waals surface area contributed by atoms with E-state index in [2.05, 4.69) is 33.8 Å². The highest BCUT2D eigenvalue weighted by molar-refractivity contribution is 5.69. The zero-order valence-corrected chi connectivity index (χ0v) is 22.8. The van der Waals surface area contributed by atoms with Crippen LogP contribution in [-0.2, 0) is 19.0 Å². The van der Waals surface area contributed by atoms with Gasteiger partial charge in [-0.2, -0.15) is 0 Å². The Kier molecular flexibility index (Phi) is 6.00. The van der Waals surface area contributed by atoms with E-state index in [-0.39, 0.29) is 23.3 Å². The molecule has 196 valence electrons. The van der Waals surface area contributed by atoms with Crippen LogP contribution < -0.4 is 0 Å². The van der Waals surface area contributed by atoms with E-state index in [9.17, 15) is 4.79 Å². The van der Waals surface area contributed by atoms with Gasteiger partial charge in [-0.1, -0.05) is 46.3 Å². The highest BCUT2D eigenvalue weighted by Crippen LogP contribution is 2.70. The van der Waals surface area contributed by atoms with Crippen LogP contribution in [0.5, 0.6) is 0 Å². The van der Waals surface area contributed by atoms with Crippen LogP contribution in [-0.4, -0.2) is 30.6 Å². The lowest BCUT2D eigenvalue weighted by Crippen LogP contribution is -2.52. The summed E-state index contributed by atoms with van der Waals surface area (Å²) in [4.78, 5) is 12.1. The number of hydrogen-bond acceptors (Lipinski definition) is 4. The number of fused-ring (bicyclic) bond motifs is 7. The van der Waals surface area contributed by atoms with Crippen LogP contribution in [0.15, 0.2) is 11.6 Å². The molecular formula is C31H48O4. The second-order valence-electron chi connectivity index (χ2n) is 13.9. The van der Waals surface area contributed by atoms with Crippen LogP contribution in [0.3, 0.4) is 0 Å². The highest BCUT2D eigenvalue weighted by Gasteiger charge is 2.68. The van der Waals surface area contributed by atoms with E-state index < -0.39 is 0 Å². The molecule has 0 N–H and O–H groups in total. The number of ether oxygens (including phenoxy) is 3. The molecule has 2 aliphatic heterocycles. The molecule has 4 nitrogen and oxygen atoms in total. The zero-order valence-electron chi connectivity index (χ0n) is 22.8. The van der Waals surface area contributed by atoms with Crippen LogP contribution >= 0.6 is 0 Å². The van der Waals surface area contributed by atoms with Crippen molar-refractivity contribution in [3.05, 3.63) is 11.6 Å². The molecule has 0 radical (unpaired) electrons. The fourth-order valence-electron chi connectivity index (χ4n) is 10.2. The third-order valence-corrected chi connectivity index (χ3v) is 12.1. The van der Waals surface area contributed by atoms with E-state index >= 15 is 0 Å². The molecule has 1 spiro atoms. The third kappa shape index (κ3) is 3.62. The quantitative estimate of drug-likeness (QED) is 0.318. The highest BCUT2D eigenvalue weighted by atomic mass is 16.7. The Labute approximate surface area is 212 Å². The van der Waals surface area contributed by atoms with Gasteiger partial charge in [-0.3, -0.25) is 4.79 Å². The first kappa shape index (κ1) is 24.5. The fraction of sp³-hybridized carbons (Fsp3) is 0.903. The first-order valence-electron chi connectivity index (χ1n) is 14.9. The van der Waals surface area contributed by atoms with Crippen molar-refractivity contribution in [3.8, 4) is 0 Å². The molecule has 3 saturated carbocycles. The number of carbonyl (C=O) groups is 1. The first-order valence-corrected chi connectivity index (χ1v) is 14.9. The molecule has 2 saturated heterocycles. The van der Waals surface area contributed by atoms with Gasteiger partial charge in [0.2, 0.25) is 0 Å². The van der Waals surface area contributed by atoms with Crippen molar-refractivity contribution in [2.45, 2.75) is 123 Å². The van der Waals surface area contributed by atoms with E-state index in [1.807, 2.05) is 6.92 Å². The Morgan fingerprint density at radius 2 is 1.94 bits per heavy atom. The normalized spacial score (nSPS) is 52.8. The minimum absolute atomic E-state index is 0.00962. The maximum atomic E-state index is 12.1. The molecule has 0 unspecified atom stereocenters. The van der Waals surface area contributed by atoms with E-state index in [1.54, 1.807) is 5.57 Å². The SMILES string of the molecule is CCCC(=O)O[C@@H]1CC[C@@]2(C)C(=CC[C@H]3[C@@H]4C[C@@H]5O[C@]6(CC[C@@H](C)CO6)[C@@H](C)[C@@H]5[C@@]4(C)CC[C@@H]32)C1. The lowest BCUT2D eigenvalue weighted by atomic mass is 9.47. The fourth-order valence-corrected chi connectivity index (χ4v) is 10.2. The molecule has 4 heteroatoms. The van der Waals surface area contributed by atoms with Gasteiger partial charge >= 0.3 is 5.97 Å². The smallest absolute Gasteiger partial charge is 0.306 e. The van der Waals surface area contributed by atoms with E-state index in [0.717, 1.165) is 50.0 Å². The molecule has 2 heterocycles. The minimum atomic E-state index is -0.314. The molecule has 0 aromatic rings. The lowest BCUT2D eigenvalue weighted by Gasteiger charge is -2.58. The predicted molar refractivity (Wildman–Crippen MR) is 136 cm³/mol. The Hall–Kier alpha value is -0.870. The molecule has 6 rings (SSSR count). The summed E-state index contributed by atoms with van der Waals surface area (Å²) in [6, 6.07) is 0. The van der Waals surface area contributed by atoms with Crippen molar-refractivity contribution in [3.63, 3.8) is 0 Å². The van der Waals surface area contributed by atoms with E-state index in [0.29, 0.717) is 35.7 Å². The first-order chi connectivity index (χ1) is 16.7. The molecule has 4 aliphatic carbocycles. The Morgan fingerprint density at radius 3 is 2.69 bits per heavy atom. The summed E-state index contributed by atoms with van der Waals surface area (Å²) in [5, 5.41) is 0. The molecule has 0 bridgehead atoms. The van der Waals surface area contributed by atoms with Crippen LogP contribution in [0.4, 0.5) is 0 Å². The van der Waals surface area contributed by atoms with Crippen LogP contribution in [0.25, 0.3) is 0 Å². The summed E-state index contributed by atoms with van der Waals surface area (Å²) < 4.78 is 19.3. The summed E-state index contributed by atoms with van der Waals surface area (Å²) in [6.07, 6.45) is 15.0. The Bertz CT molecular complexity index is 871. The molecule has 5 fully saturated rings. The topological polar surface area (TPSA) is 44.8 Å². The van der Waals surface area contributed by atoms with Gasteiger partial charge in [0.05, 0.1) is 12.7 Å². The number of allylic oxidation sites excluding steroid dienone is 1. The van der Waals surface area contributed by atoms with Gasteiger partial charge in [0.25, 0.3) is 0 Å². The molecule has 11 atom stereocenters. The molecule has 0 amide bonds. The molecule has 35 heavy (non-hydrogen) atoms. The van der Waals surface area contributed by atoms with Crippen molar-refractivity contribution < 1.29 is 19.0 Å². The molecule has 0 aromatic carbocycles. The van der Waals surface area contributed by atoms with Crippen LogP contribution in [0.2, 0.25) is 0 Å². The average molecular weight is 485 g/mol. The van der Waals surface area contributed by atoms with Gasteiger partial charge in [-0.05, 0) is 91.8 Å². The van der Waals surface area contributed by atoms with Crippen molar-refractivity contribution in [2.75, 3.05) is 6.61 Å². The van der Waals surface area contributed by atoms with Gasteiger partial charge < -0.3 is 14.2 Å². The van der Waals surface area contributed by atoms with Crippen LogP contribution in [0.1, 0.15) is 105 Å². The van der Waals surface area contributed by atoms with Gasteiger partial charge in [0, 0.05) is 25.2 Å². The van der Waals surface area contributed by atoms with Crippen molar-refractivity contribution in [1.82, 2.24) is 0 Å². The summed E-state index contributed by atoms with van der Waals surface area (Å²) in [7, 11) is 0. The van der Waals surface area contributed by atoms with Crippen molar-refractivity contribution in [1.29, 1.82) is 0 Å². The van der Waals surface area contributed by atoms with Gasteiger partial charge in [-0.15, -0.1) is 0 Å². The van der Waals surface area contributed by atoms with Gasteiger partial charge in [0.1, 0.15) is 6.10 Å². The predicted octanol–water partition coefficient (Wildman–Crippen LogP) is 7.06. The molecular weight excluding hydrogens is 436 g/mol.